The molecule has 1 aromatic carbocycles. The number of carbonyl (C=O) groups is 1. The van der Waals surface area contributed by atoms with Crippen LogP contribution < -0.4 is 56.5 Å². The molecule has 0 radical (unpaired) electrons. The number of aromatic hydroxyl groups is 1. The molecule has 0 spiro atoms. The molecule has 0 aliphatic rings. The van der Waals surface area contributed by atoms with Crippen molar-refractivity contribution in [1.29, 1.82) is 0 Å². The quantitative estimate of drug-likeness (QED) is 0.748. The SMILES string of the molecule is CCCCC(C)(CC)c1cc(C(=O)[O-])c(C)cc1O.[K+]. The van der Waals surface area contributed by atoms with Crippen molar-refractivity contribution < 1.29 is 66.4 Å². The van der Waals surface area contributed by atoms with Gasteiger partial charge in [-0.2, -0.15) is 0 Å². The maximum absolute atomic E-state index is 11.1. The van der Waals surface area contributed by atoms with Crippen LogP contribution in [0.3, 0.4) is 0 Å². The molecule has 1 N–H and O–H groups in total. The van der Waals surface area contributed by atoms with Gasteiger partial charge in [0, 0.05) is 11.1 Å². The molecule has 4 heteroatoms. The number of phenolic OH excluding ortho intramolecular Hbond substituents is 1. The number of carboxylic acids is 1. The van der Waals surface area contributed by atoms with Gasteiger partial charge in [0.25, 0.3) is 0 Å². The van der Waals surface area contributed by atoms with Gasteiger partial charge in [0.15, 0.2) is 0 Å². The first kappa shape index (κ1) is 20.1. The summed E-state index contributed by atoms with van der Waals surface area (Å²) >= 11 is 0. The number of hydrogen-bond donors (Lipinski definition) is 1. The van der Waals surface area contributed by atoms with Gasteiger partial charge >= 0.3 is 51.4 Å². The summed E-state index contributed by atoms with van der Waals surface area (Å²) in [5.41, 5.74) is 1.23. The van der Waals surface area contributed by atoms with Crippen LogP contribution in [0.4, 0.5) is 0 Å². The van der Waals surface area contributed by atoms with Crippen molar-refractivity contribution in [3.05, 3.63) is 28.8 Å². The molecular weight excluding hydrogens is 279 g/mol. The monoisotopic (exact) mass is 302 g/mol. The zero-order valence-electron chi connectivity index (χ0n) is 13.2. The average Bonchev–Trinajstić information content (AvgIpc) is 2.35. The summed E-state index contributed by atoms with van der Waals surface area (Å²) in [5.74, 6) is -1.00. The van der Waals surface area contributed by atoms with Crippen molar-refractivity contribution >= 4 is 5.97 Å². The minimum absolute atomic E-state index is 0. The molecule has 20 heavy (non-hydrogen) atoms. The average molecular weight is 302 g/mol. The number of aryl methyl sites for hydroxylation is 1. The minimum Gasteiger partial charge on any atom is -0.545 e. The van der Waals surface area contributed by atoms with Crippen molar-refractivity contribution in [2.24, 2.45) is 0 Å². The molecule has 3 nitrogen and oxygen atoms in total. The molecule has 1 rings (SSSR count). The predicted octanol–water partition coefficient (Wildman–Crippen LogP) is -0.0740. The number of hydrogen-bond acceptors (Lipinski definition) is 3. The second-order valence-electron chi connectivity index (χ2n) is 5.49. The second-order valence-corrected chi connectivity index (χ2v) is 5.49. The van der Waals surface area contributed by atoms with Crippen LogP contribution in [0, 0.1) is 6.92 Å². The molecule has 0 aromatic heterocycles. The van der Waals surface area contributed by atoms with E-state index in [1.165, 1.54) is 6.07 Å². The molecule has 1 atom stereocenters. The van der Waals surface area contributed by atoms with E-state index in [4.69, 9.17) is 0 Å². The number of benzene rings is 1. The number of carboxylic acid groups (broad SMARTS) is 1. The molecule has 0 bridgehead atoms. The van der Waals surface area contributed by atoms with Crippen LogP contribution in [0.5, 0.6) is 5.75 Å². The van der Waals surface area contributed by atoms with Gasteiger partial charge in [-0.05, 0) is 42.9 Å². The molecule has 0 fully saturated rings. The van der Waals surface area contributed by atoms with Crippen LogP contribution in [0.25, 0.3) is 0 Å². The maximum Gasteiger partial charge on any atom is 1.00 e. The summed E-state index contributed by atoms with van der Waals surface area (Å²) < 4.78 is 0. The Morgan fingerprint density at radius 2 is 1.95 bits per heavy atom. The van der Waals surface area contributed by atoms with E-state index in [0.717, 1.165) is 25.7 Å². The normalized spacial score (nSPS) is 13.4. The fraction of sp³-hybridized carbons (Fsp3) is 0.562. The Morgan fingerprint density at radius 3 is 2.40 bits per heavy atom. The van der Waals surface area contributed by atoms with E-state index >= 15 is 0 Å². The molecule has 0 aliphatic carbocycles. The number of carbonyl (C=O) groups excluding carboxylic acids is 1. The van der Waals surface area contributed by atoms with Crippen LogP contribution in [0.1, 0.15) is 67.9 Å². The first-order chi connectivity index (χ1) is 8.85. The van der Waals surface area contributed by atoms with Crippen molar-refractivity contribution in [3.8, 4) is 5.75 Å². The Balaban J connectivity index is 0.00000361. The van der Waals surface area contributed by atoms with Crippen LogP contribution in [0.2, 0.25) is 0 Å². The van der Waals surface area contributed by atoms with Crippen molar-refractivity contribution in [2.45, 2.75) is 58.8 Å². The molecule has 1 aromatic rings. The Hall–Kier alpha value is 0.126. The fourth-order valence-electron chi connectivity index (χ4n) is 2.46. The molecule has 0 saturated carbocycles. The van der Waals surface area contributed by atoms with Crippen molar-refractivity contribution in [1.82, 2.24) is 0 Å². The molecule has 0 heterocycles. The van der Waals surface area contributed by atoms with Crippen LogP contribution in [0.15, 0.2) is 12.1 Å². The fourth-order valence-corrected chi connectivity index (χ4v) is 2.46. The van der Waals surface area contributed by atoms with E-state index in [1.807, 2.05) is 0 Å². The number of rotatable bonds is 6. The Bertz CT molecular complexity index is 471. The largest absolute Gasteiger partial charge is 1.00 e. The van der Waals surface area contributed by atoms with E-state index in [-0.39, 0.29) is 68.1 Å². The summed E-state index contributed by atoms with van der Waals surface area (Å²) in [4.78, 5) is 11.1. The third kappa shape index (κ3) is 4.57. The van der Waals surface area contributed by atoms with Gasteiger partial charge in [0.1, 0.15) is 5.75 Å². The Kier molecular flexibility index (Phi) is 8.59. The molecule has 0 aliphatic heterocycles. The van der Waals surface area contributed by atoms with Crippen LogP contribution in [-0.4, -0.2) is 11.1 Å². The topological polar surface area (TPSA) is 60.4 Å². The van der Waals surface area contributed by atoms with E-state index in [1.54, 1.807) is 13.0 Å². The maximum atomic E-state index is 11.1. The van der Waals surface area contributed by atoms with Gasteiger partial charge in [0.2, 0.25) is 0 Å². The first-order valence-corrected chi connectivity index (χ1v) is 6.91. The Morgan fingerprint density at radius 1 is 1.35 bits per heavy atom. The van der Waals surface area contributed by atoms with Gasteiger partial charge < -0.3 is 15.0 Å². The molecule has 0 amide bonds. The van der Waals surface area contributed by atoms with Gasteiger partial charge in [-0.3, -0.25) is 0 Å². The van der Waals surface area contributed by atoms with E-state index < -0.39 is 5.97 Å². The summed E-state index contributed by atoms with van der Waals surface area (Å²) in [6.07, 6.45) is 3.92. The number of aromatic carboxylic acids is 1. The molecule has 106 valence electrons. The second kappa shape index (κ2) is 8.54. The standard InChI is InChI=1S/C16H24O3.K/c1-5-7-8-16(4,6-2)13-10-12(15(18)19)11(3)9-14(13)17;/h9-10,17H,5-8H2,1-4H3,(H,18,19);/q;+1/p-1. The summed E-state index contributed by atoms with van der Waals surface area (Å²) in [5, 5.41) is 21.3. The summed E-state index contributed by atoms with van der Waals surface area (Å²) in [6.45, 7) is 7.93. The van der Waals surface area contributed by atoms with Gasteiger partial charge in [-0.25, -0.2) is 0 Å². The molecule has 0 saturated heterocycles. The third-order valence-electron chi connectivity index (χ3n) is 4.08. The smallest absolute Gasteiger partial charge is 0.545 e. The zero-order valence-corrected chi connectivity index (χ0v) is 16.4. The van der Waals surface area contributed by atoms with Crippen LogP contribution >= 0.6 is 0 Å². The number of phenols is 1. The van der Waals surface area contributed by atoms with E-state index in [0.29, 0.717) is 11.1 Å². The van der Waals surface area contributed by atoms with Gasteiger partial charge in [-0.1, -0.05) is 33.6 Å². The van der Waals surface area contributed by atoms with Crippen LogP contribution in [-0.2, 0) is 5.41 Å². The minimum atomic E-state index is -1.19. The molecule has 1 unspecified atom stereocenters. The van der Waals surface area contributed by atoms with Crippen molar-refractivity contribution in [2.75, 3.05) is 0 Å². The predicted molar refractivity (Wildman–Crippen MR) is 74.3 cm³/mol. The number of unbranched alkanes of at least 4 members (excludes halogenated alkanes) is 1. The zero-order chi connectivity index (χ0) is 14.6. The van der Waals surface area contributed by atoms with E-state index in [2.05, 4.69) is 20.8 Å². The van der Waals surface area contributed by atoms with Gasteiger partial charge in [0.05, 0.1) is 5.97 Å². The van der Waals surface area contributed by atoms with Crippen molar-refractivity contribution in [3.63, 3.8) is 0 Å². The molecular formula is C16H23KO3. The van der Waals surface area contributed by atoms with Gasteiger partial charge in [-0.15, -0.1) is 0 Å². The van der Waals surface area contributed by atoms with E-state index in [9.17, 15) is 15.0 Å². The summed E-state index contributed by atoms with van der Waals surface area (Å²) in [7, 11) is 0. The summed E-state index contributed by atoms with van der Waals surface area (Å²) in [6, 6.07) is 3.11. The first-order valence-electron chi connectivity index (χ1n) is 6.91. The Labute approximate surface area is 164 Å². The third-order valence-corrected chi connectivity index (χ3v) is 4.08.